The number of benzene rings is 1. The molecule has 4 aliphatic rings. The first-order valence-electron chi connectivity index (χ1n) is 16.3. The Morgan fingerprint density at radius 3 is 2.43 bits per heavy atom. The number of amides is 4. The molecule has 0 radical (unpaired) electrons. The van der Waals surface area contributed by atoms with Crippen molar-refractivity contribution in [2.75, 3.05) is 6.54 Å². The van der Waals surface area contributed by atoms with E-state index in [4.69, 9.17) is 9.47 Å². The van der Waals surface area contributed by atoms with Crippen LogP contribution in [0.2, 0.25) is 0 Å². The summed E-state index contributed by atoms with van der Waals surface area (Å²) in [4.78, 5) is 56.0. The predicted octanol–water partition coefficient (Wildman–Crippen LogP) is 3.69. The highest BCUT2D eigenvalue weighted by Gasteiger charge is 2.62. The molecular formula is C33H45BrN4O8S. The molecule has 4 amide bonds. The van der Waals surface area contributed by atoms with E-state index in [1.54, 1.807) is 0 Å². The number of hydrogen-bond acceptors (Lipinski definition) is 8. The van der Waals surface area contributed by atoms with Crippen molar-refractivity contribution in [2.45, 2.75) is 114 Å². The Hall–Kier alpha value is -2.97. The molecule has 0 aromatic heterocycles. The van der Waals surface area contributed by atoms with Crippen molar-refractivity contribution in [3.8, 4) is 0 Å². The summed E-state index contributed by atoms with van der Waals surface area (Å²) in [5, 5.41) is 4.94. The lowest BCUT2D eigenvalue weighted by Crippen LogP contribution is -2.60. The van der Waals surface area contributed by atoms with Crippen LogP contribution in [0, 0.1) is 11.3 Å². The van der Waals surface area contributed by atoms with Crippen molar-refractivity contribution >= 4 is 49.8 Å². The number of alkyl carbamates (subject to hydrolysis) is 1. The van der Waals surface area contributed by atoms with Crippen LogP contribution in [-0.4, -0.2) is 78.8 Å². The zero-order chi connectivity index (χ0) is 34.1. The summed E-state index contributed by atoms with van der Waals surface area (Å²) in [6, 6.07) is 5.52. The number of nitrogens with zero attached hydrogens (tertiary/aromatic N) is 1. The van der Waals surface area contributed by atoms with Crippen LogP contribution in [0.15, 0.2) is 41.4 Å². The molecule has 258 valence electrons. The fourth-order valence-corrected chi connectivity index (χ4v) is 8.20. The van der Waals surface area contributed by atoms with Gasteiger partial charge in [-0.05, 0) is 68.1 Å². The lowest BCUT2D eigenvalue weighted by molar-refractivity contribution is -0.143. The Labute approximate surface area is 284 Å². The summed E-state index contributed by atoms with van der Waals surface area (Å²) in [6.45, 7) is 9.51. The topological polar surface area (TPSA) is 160 Å². The van der Waals surface area contributed by atoms with Crippen LogP contribution in [-0.2, 0) is 40.5 Å². The molecule has 5 atom stereocenters. The maximum atomic E-state index is 14.3. The summed E-state index contributed by atoms with van der Waals surface area (Å²) in [7, 11) is -3.86. The molecule has 3 aliphatic carbocycles. The lowest BCUT2D eigenvalue weighted by atomic mass is 9.85. The molecular weight excluding hydrogens is 692 g/mol. The van der Waals surface area contributed by atoms with Crippen molar-refractivity contribution in [1.29, 1.82) is 0 Å². The summed E-state index contributed by atoms with van der Waals surface area (Å²) in [6.07, 6.45) is 4.86. The lowest BCUT2D eigenvalue weighted by Gasteiger charge is -2.35. The second-order valence-electron chi connectivity index (χ2n) is 14.2. The normalized spacial score (nSPS) is 26.7. The number of carbonyl (C=O) groups is 4. The van der Waals surface area contributed by atoms with E-state index in [0.29, 0.717) is 12.8 Å². The van der Waals surface area contributed by atoms with Gasteiger partial charge >= 0.3 is 6.09 Å². The van der Waals surface area contributed by atoms with Crippen molar-refractivity contribution in [3.05, 3.63) is 47.0 Å². The molecule has 1 aliphatic heterocycles. The first-order chi connectivity index (χ1) is 22.1. The maximum absolute atomic E-state index is 14.3. The van der Waals surface area contributed by atoms with Gasteiger partial charge in [-0.3, -0.25) is 19.1 Å². The van der Waals surface area contributed by atoms with Gasteiger partial charge in [0.15, 0.2) is 0 Å². The Balaban J connectivity index is 1.35. The highest BCUT2D eigenvalue weighted by atomic mass is 79.9. The second kappa shape index (κ2) is 13.9. The number of rotatable bonds is 12. The van der Waals surface area contributed by atoms with Crippen LogP contribution in [0.1, 0.15) is 77.7 Å². The molecule has 0 unspecified atom stereocenters. The minimum atomic E-state index is -3.86. The number of halogens is 1. The Kier molecular flexibility index (Phi) is 10.4. The van der Waals surface area contributed by atoms with Gasteiger partial charge in [-0.2, -0.15) is 0 Å². The van der Waals surface area contributed by atoms with Crippen LogP contribution >= 0.6 is 15.9 Å². The van der Waals surface area contributed by atoms with E-state index in [9.17, 15) is 27.6 Å². The van der Waals surface area contributed by atoms with Gasteiger partial charge in [-0.1, -0.05) is 54.9 Å². The monoisotopic (exact) mass is 736 g/mol. The van der Waals surface area contributed by atoms with Gasteiger partial charge < -0.3 is 25.0 Å². The van der Waals surface area contributed by atoms with E-state index >= 15 is 0 Å². The third kappa shape index (κ3) is 8.37. The van der Waals surface area contributed by atoms with E-state index in [1.165, 1.54) is 11.0 Å². The molecule has 4 fully saturated rings. The van der Waals surface area contributed by atoms with Gasteiger partial charge in [-0.25, -0.2) is 13.2 Å². The molecule has 1 saturated heterocycles. The first-order valence-corrected chi connectivity index (χ1v) is 18.6. The average molecular weight is 738 g/mol. The van der Waals surface area contributed by atoms with Crippen LogP contribution in [0.4, 0.5) is 4.79 Å². The summed E-state index contributed by atoms with van der Waals surface area (Å²) in [5.41, 5.74) is -1.35. The quantitative estimate of drug-likeness (QED) is 0.274. The van der Waals surface area contributed by atoms with Gasteiger partial charge in [0, 0.05) is 23.4 Å². The third-order valence-electron chi connectivity index (χ3n) is 9.42. The molecule has 1 aromatic carbocycles. The fraction of sp³-hybridized carbons (Fsp3) is 0.636. The Morgan fingerprint density at radius 2 is 1.83 bits per heavy atom. The van der Waals surface area contributed by atoms with Crippen molar-refractivity contribution < 1.29 is 37.1 Å². The molecule has 1 aromatic rings. The largest absolute Gasteiger partial charge is 0.446 e. The fourth-order valence-electron chi connectivity index (χ4n) is 6.39. The average Bonchev–Trinajstić information content (AvgIpc) is 3.88. The van der Waals surface area contributed by atoms with E-state index in [2.05, 4.69) is 37.9 Å². The van der Waals surface area contributed by atoms with E-state index in [-0.39, 0.29) is 32.1 Å². The minimum Gasteiger partial charge on any atom is -0.446 e. The summed E-state index contributed by atoms with van der Waals surface area (Å²) >= 11 is 3.46. The van der Waals surface area contributed by atoms with Crippen molar-refractivity contribution in [2.24, 2.45) is 11.3 Å². The van der Waals surface area contributed by atoms with Crippen molar-refractivity contribution in [1.82, 2.24) is 20.3 Å². The smallest absolute Gasteiger partial charge is 0.408 e. The third-order valence-corrected chi connectivity index (χ3v) is 11.7. The molecule has 12 nitrogen and oxygen atoms in total. The molecule has 0 bridgehead atoms. The minimum absolute atomic E-state index is 0.0665. The molecule has 14 heteroatoms. The SMILES string of the molecule is C=C[C@@H]1C[C@@]1(NC(=O)[C@@H]1C[C@@H](OCc2cccc(Br)c2)CN1C(=O)[C@@H](NC(=O)OC1CCCC1)C(C)(C)C)C(=O)NS(=O)(=O)C1CC1. The van der Waals surface area contributed by atoms with Gasteiger partial charge in [0.25, 0.3) is 5.91 Å². The van der Waals surface area contributed by atoms with Gasteiger partial charge in [0.2, 0.25) is 21.8 Å². The molecule has 1 heterocycles. The Bertz CT molecular complexity index is 1500. The molecule has 3 saturated carbocycles. The van der Waals surface area contributed by atoms with Crippen LogP contribution in [0.3, 0.4) is 0 Å². The maximum Gasteiger partial charge on any atom is 0.408 e. The van der Waals surface area contributed by atoms with E-state index in [1.807, 2.05) is 45.0 Å². The standard InChI is InChI=1S/C33H45BrN4O8S/c1-5-21-17-33(21,30(41)37-47(43,44)25-13-14-25)36-28(39)26-16-24(45-19-20-9-8-10-22(34)15-20)18-38(26)29(40)27(32(2,3)4)35-31(42)46-23-11-6-7-12-23/h5,8-10,15,21,23-27H,1,6-7,11-14,16-19H2,2-4H3,(H,35,42)(H,36,39)(H,37,41)/t21-,24-,26+,27-,33+/m1/s1. The summed E-state index contributed by atoms with van der Waals surface area (Å²) in [5.74, 6) is -2.40. The molecule has 0 spiro atoms. The van der Waals surface area contributed by atoms with E-state index < -0.39 is 74.1 Å². The van der Waals surface area contributed by atoms with Gasteiger partial charge in [0.1, 0.15) is 23.7 Å². The highest BCUT2D eigenvalue weighted by Crippen LogP contribution is 2.45. The van der Waals surface area contributed by atoms with Gasteiger partial charge in [0.05, 0.1) is 18.0 Å². The molecule has 3 N–H and O–H groups in total. The van der Waals surface area contributed by atoms with Crippen LogP contribution in [0.5, 0.6) is 0 Å². The Morgan fingerprint density at radius 1 is 1.13 bits per heavy atom. The number of likely N-dealkylation sites (tertiary alicyclic amines) is 1. The number of carbonyl (C=O) groups excluding carboxylic acids is 4. The second-order valence-corrected chi connectivity index (χ2v) is 17.1. The number of hydrogen-bond donors (Lipinski definition) is 3. The predicted molar refractivity (Wildman–Crippen MR) is 177 cm³/mol. The van der Waals surface area contributed by atoms with Crippen LogP contribution < -0.4 is 15.4 Å². The molecule has 47 heavy (non-hydrogen) atoms. The summed E-state index contributed by atoms with van der Waals surface area (Å²) < 4.78 is 40.0. The zero-order valence-corrected chi connectivity index (χ0v) is 29.5. The van der Waals surface area contributed by atoms with Gasteiger partial charge in [-0.15, -0.1) is 6.58 Å². The first kappa shape index (κ1) is 35.3. The molecule has 5 rings (SSSR count). The van der Waals surface area contributed by atoms with Crippen molar-refractivity contribution in [3.63, 3.8) is 0 Å². The zero-order valence-electron chi connectivity index (χ0n) is 27.1. The number of ether oxygens (including phenoxy) is 2. The highest BCUT2D eigenvalue weighted by molar-refractivity contribution is 9.10. The van der Waals surface area contributed by atoms with Crippen LogP contribution in [0.25, 0.3) is 0 Å². The number of sulfonamides is 1. The van der Waals surface area contributed by atoms with E-state index in [0.717, 1.165) is 35.7 Å². The number of nitrogens with one attached hydrogen (secondary N) is 3.